The molecule has 39 heavy (non-hydrogen) atoms. The van der Waals surface area contributed by atoms with Crippen molar-refractivity contribution in [2.24, 2.45) is 0 Å². The Balaban J connectivity index is 2.30. The fourth-order valence-electron chi connectivity index (χ4n) is 4.68. The Labute approximate surface area is 232 Å². The van der Waals surface area contributed by atoms with Crippen molar-refractivity contribution in [2.75, 3.05) is 40.6 Å². The third-order valence-corrected chi connectivity index (χ3v) is 6.36. The summed E-state index contributed by atoms with van der Waals surface area (Å²) in [7, 11) is 3.19. The lowest BCUT2D eigenvalue weighted by molar-refractivity contribution is -0.144. The molecule has 1 fully saturated rings. The first-order valence-corrected chi connectivity index (χ1v) is 13.7. The highest BCUT2D eigenvalue weighted by molar-refractivity contribution is 5.95. The highest BCUT2D eigenvalue weighted by Crippen LogP contribution is 2.31. The molecule has 1 aromatic carbocycles. The zero-order valence-electron chi connectivity index (χ0n) is 24.8. The Hall–Kier alpha value is -3.01. The van der Waals surface area contributed by atoms with Crippen LogP contribution in [0.3, 0.4) is 0 Å². The number of rotatable bonds is 12. The predicted molar refractivity (Wildman–Crippen MR) is 147 cm³/mol. The average Bonchev–Trinajstić information content (AvgIpc) is 2.86. The van der Waals surface area contributed by atoms with Crippen molar-refractivity contribution < 1.29 is 38.1 Å². The molecular formula is C29H46N2O8. The number of hydrogen-bond donors (Lipinski definition) is 0. The van der Waals surface area contributed by atoms with Crippen molar-refractivity contribution in [3.63, 3.8) is 0 Å². The highest BCUT2D eigenvalue weighted by atomic mass is 16.6. The number of methoxy groups -OCH3 is 2. The third kappa shape index (κ3) is 9.60. The van der Waals surface area contributed by atoms with Crippen molar-refractivity contribution in [1.82, 2.24) is 9.80 Å². The molecule has 1 heterocycles. The van der Waals surface area contributed by atoms with E-state index in [1.54, 1.807) is 69.9 Å². The van der Waals surface area contributed by atoms with Gasteiger partial charge in [0.25, 0.3) is 5.91 Å². The molecule has 0 saturated carbocycles. The fraction of sp³-hybridized carbons (Fsp3) is 0.690. The maximum Gasteiger partial charge on any atom is 0.410 e. The van der Waals surface area contributed by atoms with Crippen LogP contribution < -0.4 is 9.47 Å². The number of ether oxygens (including phenoxy) is 5. The molecule has 0 aliphatic carbocycles. The fourth-order valence-corrected chi connectivity index (χ4v) is 4.68. The number of hydrogen-bond acceptors (Lipinski definition) is 8. The molecule has 0 unspecified atom stereocenters. The molecule has 0 spiro atoms. The van der Waals surface area contributed by atoms with E-state index in [1.807, 2.05) is 13.8 Å². The molecule has 10 nitrogen and oxygen atoms in total. The lowest BCUT2D eigenvalue weighted by Crippen LogP contribution is -2.57. The van der Waals surface area contributed by atoms with Crippen molar-refractivity contribution in [3.05, 3.63) is 23.8 Å². The van der Waals surface area contributed by atoms with E-state index in [4.69, 9.17) is 23.7 Å². The van der Waals surface area contributed by atoms with Crippen LogP contribution >= 0.6 is 0 Å². The Morgan fingerprint density at radius 2 is 1.79 bits per heavy atom. The molecule has 0 N–H and O–H groups in total. The Bertz CT molecular complexity index is 959. The van der Waals surface area contributed by atoms with Crippen LogP contribution in [0.4, 0.5) is 4.79 Å². The topological polar surface area (TPSA) is 104 Å². The summed E-state index contributed by atoms with van der Waals surface area (Å²) >= 11 is 0. The Morgan fingerprint density at radius 3 is 2.38 bits per heavy atom. The number of carbonyl (C=O) groups is 3. The standard InChI is InChI=1S/C29H46N2O8/c1-9-37-26(32)18-22-12-13-23(19-30(22)28(34)39-29(4,5)6)31(20(2)3)27(33)21-11-14-24(36-8)25(17-21)38-16-10-15-35-7/h11,14,17,20,22-23H,9-10,12-13,15-16,18-19H2,1-8H3/t22-,23-/m1/s1. The van der Waals surface area contributed by atoms with Crippen LogP contribution in [0.5, 0.6) is 11.5 Å². The van der Waals surface area contributed by atoms with Crippen LogP contribution in [0.25, 0.3) is 0 Å². The molecular weight excluding hydrogens is 504 g/mol. The second-order valence-electron chi connectivity index (χ2n) is 10.9. The minimum absolute atomic E-state index is 0.0810. The highest BCUT2D eigenvalue weighted by Gasteiger charge is 2.39. The minimum Gasteiger partial charge on any atom is -0.493 e. The second-order valence-corrected chi connectivity index (χ2v) is 10.9. The number of likely N-dealkylation sites (tertiary alicyclic amines) is 1. The van der Waals surface area contributed by atoms with Gasteiger partial charge < -0.3 is 33.5 Å². The van der Waals surface area contributed by atoms with E-state index in [-0.39, 0.29) is 49.6 Å². The molecule has 0 bridgehead atoms. The molecule has 2 amide bonds. The van der Waals surface area contributed by atoms with Gasteiger partial charge in [-0.25, -0.2) is 4.79 Å². The van der Waals surface area contributed by atoms with Gasteiger partial charge in [0, 0.05) is 44.3 Å². The van der Waals surface area contributed by atoms with Gasteiger partial charge in [0.2, 0.25) is 0 Å². The van der Waals surface area contributed by atoms with E-state index in [0.717, 1.165) is 0 Å². The normalized spacial score (nSPS) is 17.5. The summed E-state index contributed by atoms with van der Waals surface area (Å²) in [6, 6.07) is 4.36. The van der Waals surface area contributed by atoms with Gasteiger partial charge in [0.05, 0.1) is 32.8 Å². The number of esters is 1. The van der Waals surface area contributed by atoms with Crippen LogP contribution in [-0.2, 0) is 19.0 Å². The molecule has 10 heteroatoms. The molecule has 0 aromatic heterocycles. The molecule has 1 aliphatic heterocycles. The molecule has 2 rings (SSSR count). The van der Waals surface area contributed by atoms with E-state index in [2.05, 4.69) is 0 Å². The molecule has 220 valence electrons. The maximum atomic E-state index is 13.9. The first-order chi connectivity index (χ1) is 18.4. The smallest absolute Gasteiger partial charge is 0.410 e. The minimum atomic E-state index is -0.700. The average molecular weight is 551 g/mol. The van der Waals surface area contributed by atoms with E-state index < -0.39 is 11.7 Å². The van der Waals surface area contributed by atoms with Gasteiger partial charge in [-0.15, -0.1) is 0 Å². The van der Waals surface area contributed by atoms with Gasteiger partial charge in [-0.1, -0.05) is 0 Å². The Morgan fingerprint density at radius 1 is 1.08 bits per heavy atom. The zero-order valence-corrected chi connectivity index (χ0v) is 24.8. The number of carbonyl (C=O) groups excluding carboxylic acids is 3. The first-order valence-electron chi connectivity index (χ1n) is 13.7. The molecule has 1 saturated heterocycles. The van der Waals surface area contributed by atoms with E-state index in [1.165, 1.54) is 0 Å². The quantitative estimate of drug-likeness (QED) is 0.273. The zero-order chi connectivity index (χ0) is 29.2. The van der Waals surface area contributed by atoms with Crippen molar-refractivity contribution >= 4 is 18.0 Å². The number of piperidine rings is 1. The van der Waals surface area contributed by atoms with Gasteiger partial charge in [0.1, 0.15) is 5.60 Å². The van der Waals surface area contributed by atoms with Crippen LogP contribution in [0, 0.1) is 0 Å². The SMILES string of the molecule is CCOC(=O)C[C@H]1CC[C@@H](N(C(=O)c2ccc(OC)c(OCCCOC)c2)C(C)C)CN1C(=O)OC(C)(C)C. The number of nitrogens with zero attached hydrogens (tertiary/aromatic N) is 2. The first kappa shape index (κ1) is 32.2. The van der Waals surface area contributed by atoms with Gasteiger partial charge in [0.15, 0.2) is 11.5 Å². The molecule has 1 aromatic rings. The lowest BCUT2D eigenvalue weighted by atomic mass is 9.94. The number of benzene rings is 1. The summed E-state index contributed by atoms with van der Waals surface area (Å²) in [5, 5.41) is 0. The summed E-state index contributed by atoms with van der Waals surface area (Å²) in [5.41, 5.74) is -0.238. The summed E-state index contributed by atoms with van der Waals surface area (Å²) in [4.78, 5) is 42.7. The van der Waals surface area contributed by atoms with E-state index >= 15 is 0 Å². The number of amides is 2. The van der Waals surface area contributed by atoms with Crippen molar-refractivity contribution in [2.45, 2.75) is 91.0 Å². The van der Waals surface area contributed by atoms with Crippen LogP contribution in [0.1, 0.15) is 77.6 Å². The molecule has 1 aliphatic rings. The largest absolute Gasteiger partial charge is 0.493 e. The van der Waals surface area contributed by atoms with Crippen LogP contribution in [-0.4, -0.2) is 92.1 Å². The lowest BCUT2D eigenvalue weighted by Gasteiger charge is -2.45. The molecule has 0 radical (unpaired) electrons. The maximum absolute atomic E-state index is 13.9. The van der Waals surface area contributed by atoms with Gasteiger partial charge in [-0.2, -0.15) is 0 Å². The Kier molecular flexibility index (Phi) is 12.3. The van der Waals surface area contributed by atoms with Gasteiger partial charge in [-0.3, -0.25) is 9.59 Å². The van der Waals surface area contributed by atoms with Crippen molar-refractivity contribution in [3.8, 4) is 11.5 Å². The third-order valence-electron chi connectivity index (χ3n) is 6.36. The van der Waals surface area contributed by atoms with Gasteiger partial charge in [-0.05, 0) is 72.6 Å². The summed E-state index contributed by atoms with van der Waals surface area (Å²) in [6.07, 6.45) is 1.44. The van der Waals surface area contributed by atoms with Gasteiger partial charge >= 0.3 is 12.1 Å². The van der Waals surface area contributed by atoms with Crippen LogP contribution in [0.15, 0.2) is 18.2 Å². The summed E-state index contributed by atoms with van der Waals surface area (Å²) in [6.45, 7) is 12.6. The predicted octanol–water partition coefficient (Wildman–Crippen LogP) is 4.68. The summed E-state index contributed by atoms with van der Waals surface area (Å²) in [5.74, 6) is 0.488. The molecule has 2 atom stereocenters. The second kappa shape index (κ2) is 15.0. The van der Waals surface area contributed by atoms with E-state index in [9.17, 15) is 14.4 Å². The van der Waals surface area contributed by atoms with Crippen LogP contribution in [0.2, 0.25) is 0 Å². The van der Waals surface area contributed by atoms with Crippen molar-refractivity contribution in [1.29, 1.82) is 0 Å². The van der Waals surface area contributed by atoms with E-state index in [0.29, 0.717) is 49.5 Å². The summed E-state index contributed by atoms with van der Waals surface area (Å²) < 4.78 is 27.2. The monoisotopic (exact) mass is 550 g/mol.